The Morgan fingerprint density at radius 3 is 2.50 bits per heavy atom. The minimum atomic E-state index is -0.284. The van der Waals surface area contributed by atoms with E-state index in [-0.39, 0.29) is 11.7 Å². The van der Waals surface area contributed by atoms with Crippen LogP contribution < -0.4 is 11.1 Å². The number of hydrogen-bond acceptors (Lipinski definition) is 2. The molecule has 3 nitrogen and oxygen atoms in total. The zero-order chi connectivity index (χ0) is 14.4. The van der Waals surface area contributed by atoms with Crippen molar-refractivity contribution in [3.63, 3.8) is 0 Å². The Morgan fingerprint density at radius 1 is 1.10 bits per heavy atom. The molecule has 104 valence electrons. The van der Waals surface area contributed by atoms with Crippen molar-refractivity contribution in [2.75, 3.05) is 6.54 Å². The molecule has 0 fully saturated rings. The Morgan fingerprint density at radius 2 is 1.80 bits per heavy atom. The lowest BCUT2D eigenvalue weighted by Crippen LogP contribution is -2.24. The minimum Gasteiger partial charge on any atom is -0.348 e. The van der Waals surface area contributed by atoms with Crippen LogP contribution in [0.5, 0.6) is 0 Å². The molecule has 20 heavy (non-hydrogen) atoms. The topological polar surface area (TPSA) is 55.1 Å². The van der Waals surface area contributed by atoms with Crippen molar-refractivity contribution in [2.24, 2.45) is 5.73 Å². The van der Waals surface area contributed by atoms with E-state index in [1.54, 1.807) is 18.2 Å². The Hall–Kier alpha value is -2.20. The fourth-order valence-electron chi connectivity index (χ4n) is 2.00. The zero-order valence-electron chi connectivity index (χ0n) is 11.1. The molecule has 4 heteroatoms. The van der Waals surface area contributed by atoms with Crippen LogP contribution in [-0.4, -0.2) is 12.5 Å². The highest BCUT2D eigenvalue weighted by molar-refractivity contribution is 5.95. The number of halogens is 1. The van der Waals surface area contributed by atoms with Crippen LogP contribution in [0.3, 0.4) is 0 Å². The van der Waals surface area contributed by atoms with Crippen LogP contribution in [0.1, 0.15) is 21.5 Å². The van der Waals surface area contributed by atoms with Crippen LogP contribution in [-0.2, 0) is 13.0 Å². The van der Waals surface area contributed by atoms with Gasteiger partial charge < -0.3 is 11.1 Å². The number of carbonyl (C=O) groups is 1. The molecule has 0 saturated heterocycles. The van der Waals surface area contributed by atoms with Gasteiger partial charge in [-0.15, -0.1) is 0 Å². The molecule has 2 aromatic rings. The molecule has 3 N–H and O–H groups in total. The van der Waals surface area contributed by atoms with Crippen molar-refractivity contribution in [3.05, 3.63) is 71.0 Å². The van der Waals surface area contributed by atoms with Crippen molar-refractivity contribution in [1.82, 2.24) is 5.32 Å². The highest BCUT2D eigenvalue weighted by atomic mass is 19.1. The van der Waals surface area contributed by atoms with Gasteiger partial charge in [-0.05, 0) is 42.3 Å². The molecular weight excluding hydrogens is 255 g/mol. The van der Waals surface area contributed by atoms with Gasteiger partial charge in [0.1, 0.15) is 5.82 Å². The molecule has 0 aliphatic rings. The quantitative estimate of drug-likeness (QED) is 0.877. The van der Waals surface area contributed by atoms with E-state index in [2.05, 4.69) is 5.32 Å². The lowest BCUT2D eigenvalue weighted by Gasteiger charge is -2.09. The van der Waals surface area contributed by atoms with E-state index in [1.165, 1.54) is 12.1 Å². The number of carbonyl (C=O) groups excluding carboxylic acids is 1. The van der Waals surface area contributed by atoms with Crippen molar-refractivity contribution < 1.29 is 9.18 Å². The monoisotopic (exact) mass is 272 g/mol. The van der Waals surface area contributed by atoms with E-state index in [0.29, 0.717) is 25.1 Å². The van der Waals surface area contributed by atoms with Gasteiger partial charge in [-0.1, -0.05) is 30.3 Å². The Balaban J connectivity index is 2.03. The van der Waals surface area contributed by atoms with Crippen LogP contribution in [0.25, 0.3) is 0 Å². The van der Waals surface area contributed by atoms with Gasteiger partial charge in [-0.3, -0.25) is 4.79 Å². The summed E-state index contributed by atoms with van der Waals surface area (Å²) in [4.78, 5) is 12.2. The van der Waals surface area contributed by atoms with Crippen molar-refractivity contribution in [3.8, 4) is 0 Å². The van der Waals surface area contributed by atoms with E-state index in [4.69, 9.17) is 5.73 Å². The van der Waals surface area contributed by atoms with Crippen molar-refractivity contribution in [2.45, 2.75) is 13.0 Å². The lowest BCUT2D eigenvalue weighted by molar-refractivity contribution is 0.0950. The highest BCUT2D eigenvalue weighted by Crippen LogP contribution is 2.10. The standard InChI is InChI=1S/C16H17FN2O/c17-14-7-5-12(6-8-14)11-19-16(20)15-4-2-1-3-13(15)9-10-18/h1-8H,9-11,18H2,(H,19,20). The van der Waals surface area contributed by atoms with Crippen LogP contribution in [0.4, 0.5) is 4.39 Å². The first-order valence-corrected chi connectivity index (χ1v) is 6.51. The van der Waals surface area contributed by atoms with Crippen molar-refractivity contribution in [1.29, 1.82) is 0 Å². The average molecular weight is 272 g/mol. The number of rotatable bonds is 5. The van der Waals surface area contributed by atoms with Gasteiger partial charge in [0.2, 0.25) is 0 Å². The minimum absolute atomic E-state index is 0.140. The molecule has 0 aromatic heterocycles. The maximum absolute atomic E-state index is 12.8. The Bertz CT molecular complexity index is 581. The summed E-state index contributed by atoms with van der Waals surface area (Å²) < 4.78 is 12.8. The van der Waals surface area contributed by atoms with Gasteiger partial charge in [0, 0.05) is 12.1 Å². The molecule has 2 rings (SSSR count). The average Bonchev–Trinajstić information content (AvgIpc) is 2.47. The molecule has 0 heterocycles. The third-order valence-corrected chi connectivity index (χ3v) is 3.04. The summed E-state index contributed by atoms with van der Waals surface area (Å²) in [5, 5.41) is 2.83. The number of nitrogens with two attached hydrogens (primary N) is 1. The molecule has 0 spiro atoms. The normalized spacial score (nSPS) is 10.3. The first-order chi connectivity index (χ1) is 9.70. The number of hydrogen-bond donors (Lipinski definition) is 2. The first-order valence-electron chi connectivity index (χ1n) is 6.51. The third kappa shape index (κ3) is 3.65. The molecule has 0 aliphatic heterocycles. The largest absolute Gasteiger partial charge is 0.348 e. The van der Waals surface area contributed by atoms with Crippen LogP contribution >= 0.6 is 0 Å². The van der Waals surface area contributed by atoms with E-state index in [1.807, 2.05) is 18.2 Å². The fourth-order valence-corrected chi connectivity index (χ4v) is 2.00. The van der Waals surface area contributed by atoms with E-state index < -0.39 is 0 Å². The van der Waals surface area contributed by atoms with Crippen LogP contribution in [0.2, 0.25) is 0 Å². The van der Waals surface area contributed by atoms with Gasteiger partial charge >= 0.3 is 0 Å². The predicted molar refractivity (Wildman–Crippen MR) is 76.8 cm³/mol. The summed E-state index contributed by atoms with van der Waals surface area (Å²) >= 11 is 0. The molecule has 0 atom stereocenters. The molecule has 0 saturated carbocycles. The van der Waals surface area contributed by atoms with Crippen LogP contribution in [0, 0.1) is 5.82 Å². The summed E-state index contributed by atoms with van der Waals surface area (Å²) in [5.74, 6) is -0.424. The molecule has 2 aromatic carbocycles. The second-order valence-electron chi connectivity index (χ2n) is 4.50. The highest BCUT2D eigenvalue weighted by Gasteiger charge is 2.09. The molecule has 0 unspecified atom stereocenters. The van der Waals surface area contributed by atoms with Gasteiger partial charge in [0.25, 0.3) is 5.91 Å². The number of amides is 1. The van der Waals surface area contributed by atoms with Gasteiger partial charge in [-0.25, -0.2) is 4.39 Å². The first kappa shape index (κ1) is 14.2. The molecule has 0 radical (unpaired) electrons. The van der Waals surface area contributed by atoms with Crippen LogP contribution in [0.15, 0.2) is 48.5 Å². The Labute approximate surface area is 117 Å². The summed E-state index contributed by atoms with van der Waals surface area (Å²) in [7, 11) is 0. The third-order valence-electron chi connectivity index (χ3n) is 3.04. The van der Waals surface area contributed by atoms with E-state index in [9.17, 15) is 9.18 Å². The smallest absolute Gasteiger partial charge is 0.251 e. The number of nitrogens with one attached hydrogen (secondary N) is 1. The SMILES string of the molecule is NCCc1ccccc1C(=O)NCc1ccc(F)cc1. The molecular formula is C16H17FN2O. The number of benzene rings is 2. The maximum atomic E-state index is 12.8. The van der Waals surface area contributed by atoms with Gasteiger partial charge in [0.15, 0.2) is 0 Å². The molecule has 1 amide bonds. The van der Waals surface area contributed by atoms with Gasteiger partial charge in [-0.2, -0.15) is 0 Å². The summed E-state index contributed by atoms with van der Waals surface area (Å²) in [5.41, 5.74) is 7.97. The van der Waals surface area contributed by atoms with E-state index in [0.717, 1.165) is 11.1 Å². The lowest BCUT2D eigenvalue weighted by atomic mass is 10.0. The molecule has 0 bridgehead atoms. The fraction of sp³-hybridized carbons (Fsp3) is 0.188. The second kappa shape index (κ2) is 6.82. The zero-order valence-corrected chi connectivity index (χ0v) is 11.1. The summed E-state index contributed by atoms with van der Waals surface area (Å²) in [6.45, 7) is 0.873. The maximum Gasteiger partial charge on any atom is 0.251 e. The predicted octanol–water partition coefficient (Wildman–Crippen LogP) is 2.26. The van der Waals surface area contributed by atoms with E-state index >= 15 is 0 Å². The molecule has 0 aliphatic carbocycles. The van der Waals surface area contributed by atoms with Gasteiger partial charge in [0.05, 0.1) is 0 Å². The van der Waals surface area contributed by atoms with Crippen molar-refractivity contribution >= 4 is 5.91 Å². The summed E-state index contributed by atoms with van der Waals surface area (Å²) in [6.07, 6.45) is 0.667. The second-order valence-corrected chi connectivity index (χ2v) is 4.50. The Kier molecular flexibility index (Phi) is 4.85. The summed E-state index contributed by atoms with van der Waals surface area (Å²) in [6, 6.07) is 13.5.